The highest BCUT2D eigenvalue weighted by atomic mass is 35.5. The lowest BCUT2D eigenvalue weighted by Gasteiger charge is -2.19. The molecule has 5 heteroatoms. The summed E-state index contributed by atoms with van der Waals surface area (Å²) >= 11 is 6.17. The SMILES string of the molecule is O=C1Nc2cc(N3CCCC3)c(Cl)cc2C1=O. The average Bonchev–Trinajstić information content (AvgIpc) is 2.90. The number of ketones is 1. The molecule has 1 amide bonds. The molecule has 1 fully saturated rings. The van der Waals surface area contributed by atoms with Gasteiger partial charge in [0.1, 0.15) is 0 Å². The van der Waals surface area contributed by atoms with Crippen LogP contribution in [0.2, 0.25) is 5.02 Å². The van der Waals surface area contributed by atoms with E-state index in [2.05, 4.69) is 10.2 Å². The maximum absolute atomic E-state index is 11.5. The Hall–Kier alpha value is -1.55. The van der Waals surface area contributed by atoms with Crippen molar-refractivity contribution in [3.05, 3.63) is 22.7 Å². The second kappa shape index (κ2) is 3.74. The Balaban J connectivity index is 2.06. The van der Waals surface area contributed by atoms with Gasteiger partial charge in [-0.05, 0) is 25.0 Å². The molecule has 4 nitrogen and oxygen atoms in total. The molecule has 1 N–H and O–H groups in total. The van der Waals surface area contributed by atoms with Gasteiger partial charge in [0.2, 0.25) is 0 Å². The van der Waals surface area contributed by atoms with Gasteiger partial charge in [0, 0.05) is 13.1 Å². The highest BCUT2D eigenvalue weighted by molar-refractivity contribution is 6.52. The van der Waals surface area contributed by atoms with Crippen LogP contribution in [0.5, 0.6) is 0 Å². The molecule has 1 aromatic rings. The van der Waals surface area contributed by atoms with Gasteiger partial charge in [-0.25, -0.2) is 0 Å². The molecule has 0 aromatic heterocycles. The lowest BCUT2D eigenvalue weighted by atomic mass is 10.1. The maximum Gasteiger partial charge on any atom is 0.296 e. The van der Waals surface area contributed by atoms with E-state index >= 15 is 0 Å². The summed E-state index contributed by atoms with van der Waals surface area (Å²) in [7, 11) is 0. The fourth-order valence-electron chi connectivity index (χ4n) is 2.35. The van der Waals surface area contributed by atoms with Crippen LogP contribution in [0.15, 0.2) is 12.1 Å². The third-order valence-corrected chi connectivity index (χ3v) is 3.54. The van der Waals surface area contributed by atoms with Gasteiger partial charge in [-0.1, -0.05) is 11.6 Å². The van der Waals surface area contributed by atoms with E-state index in [4.69, 9.17) is 11.6 Å². The molecular formula is C12H11ClN2O2. The maximum atomic E-state index is 11.5. The van der Waals surface area contributed by atoms with Crippen LogP contribution >= 0.6 is 11.6 Å². The second-order valence-electron chi connectivity index (χ2n) is 4.33. The smallest absolute Gasteiger partial charge is 0.296 e. The van der Waals surface area contributed by atoms with Crippen molar-refractivity contribution in [1.82, 2.24) is 0 Å². The number of halogens is 1. The van der Waals surface area contributed by atoms with Crippen LogP contribution in [0.1, 0.15) is 23.2 Å². The molecule has 0 bridgehead atoms. The first-order valence-corrected chi connectivity index (χ1v) is 5.99. The van der Waals surface area contributed by atoms with Gasteiger partial charge < -0.3 is 10.2 Å². The van der Waals surface area contributed by atoms with Gasteiger partial charge in [-0.15, -0.1) is 0 Å². The van der Waals surface area contributed by atoms with Crippen molar-refractivity contribution >= 4 is 34.7 Å². The van der Waals surface area contributed by atoms with Crippen LogP contribution in [0, 0.1) is 0 Å². The van der Waals surface area contributed by atoms with Crippen molar-refractivity contribution in [1.29, 1.82) is 0 Å². The monoisotopic (exact) mass is 250 g/mol. The molecule has 2 aliphatic heterocycles. The number of hydrogen-bond donors (Lipinski definition) is 1. The standard InChI is InChI=1S/C12H11ClN2O2/c13-8-5-7-9(14-12(17)11(7)16)6-10(8)15-3-1-2-4-15/h5-6H,1-4H2,(H,14,16,17). The molecule has 1 saturated heterocycles. The Bertz CT molecular complexity index is 521. The Morgan fingerprint density at radius 2 is 1.88 bits per heavy atom. The molecule has 0 spiro atoms. The molecule has 17 heavy (non-hydrogen) atoms. The van der Waals surface area contributed by atoms with E-state index in [0.717, 1.165) is 31.6 Å². The van der Waals surface area contributed by atoms with Crippen LogP contribution in [0.3, 0.4) is 0 Å². The Morgan fingerprint density at radius 1 is 1.18 bits per heavy atom. The molecular weight excluding hydrogens is 240 g/mol. The van der Waals surface area contributed by atoms with Gasteiger partial charge >= 0.3 is 0 Å². The van der Waals surface area contributed by atoms with E-state index < -0.39 is 11.7 Å². The number of amides is 1. The van der Waals surface area contributed by atoms with Crippen molar-refractivity contribution in [3.8, 4) is 0 Å². The normalized spacial score (nSPS) is 18.5. The summed E-state index contributed by atoms with van der Waals surface area (Å²) in [5.74, 6) is -1.08. The molecule has 0 saturated carbocycles. The summed E-state index contributed by atoms with van der Waals surface area (Å²) in [6.07, 6.45) is 2.30. The average molecular weight is 251 g/mol. The zero-order chi connectivity index (χ0) is 12.0. The molecule has 88 valence electrons. The number of hydrogen-bond acceptors (Lipinski definition) is 3. The van der Waals surface area contributed by atoms with Crippen molar-refractivity contribution in [3.63, 3.8) is 0 Å². The second-order valence-corrected chi connectivity index (χ2v) is 4.73. The van der Waals surface area contributed by atoms with Crippen molar-refractivity contribution < 1.29 is 9.59 Å². The molecule has 3 rings (SSSR count). The van der Waals surface area contributed by atoms with Crippen LogP contribution in [0.4, 0.5) is 11.4 Å². The zero-order valence-corrected chi connectivity index (χ0v) is 9.88. The third kappa shape index (κ3) is 1.60. The van der Waals surface area contributed by atoms with Gasteiger partial charge in [0.05, 0.1) is 22.0 Å². The minimum atomic E-state index is -0.574. The van der Waals surface area contributed by atoms with E-state index in [1.54, 1.807) is 12.1 Å². The predicted molar refractivity (Wildman–Crippen MR) is 65.9 cm³/mol. The Labute approximate surface area is 104 Å². The summed E-state index contributed by atoms with van der Waals surface area (Å²) in [4.78, 5) is 24.9. The summed E-state index contributed by atoms with van der Waals surface area (Å²) in [5, 5.41) is 3.10. The molecule has 0 atom stereocenters. The highest BCUT2D eigenvalue weighted by Gasteiger charge is 2.30. The van der Waals surface area contributed by atoms with E-state index in [9.17, 15) is 9.59 Å². The summed E-state index contributed by atoms with van der Waals surface area (Å²) in [6, 6.07) is 3.39. The number of nitrogens with zero attached hydrogens (tertiary/aromatic N) is 1. The number of fused-ring (bicyclic) bond motifs is 1. The van der Waals surface area contributed by atoms with Crippen LogP contribution in [-0.2, 0) is 4.79 Å². The van der Waals surface area contributed by atoms with Gasteiger partial charge in [-0.2, -0.15) is 0 Å². The zero-order valence-electron chi connectivity index (χ0n) is 9.12. The summed E-state index contributed by atoms with van der Waals surface area (Å²) < 4.78 is 0. The molecule has 0 aliphatic carbocycles. The number of nitrogens with one attached hydrogen (secondary N) is 1. The molecule has 1 aromatic carbocycles. The number of carbonyl (C=O) groups is 2. The number of Topliss-reactive ketones (excluding diaryl/α,β-unsaturated/α-hetero) is 1. The quantitative estimate of drug-likeness (QED) is 0.777. The predicted octanol–water partition coefficient (Wildman–Crippen LogP) is 2.08. The molecule has 0 unspecified atom stereocenters. The fourth-order valence-corrected chi connectivity index (χ4v) is 2.64. The Kier molecular flexibility index (Phi) is 2.33. The first kappa shape index (κ1) is 10.6. The van der Waals surface area contributed by atoms with Gasteiger partial charge in [0.15, 0.2) is 0 Å². The lowest BCUT2D eigenvalue weighted by Crippen LogP contribution is -2.18. The van der Waals surface area contributed by atoms with E-state index in [-0.39, 0.29) is 0 Å². The third-order valence-electron chi connectivity index (χ3n) is 3.23. The van der Waals surface area contributed by atoms with Gasteiger partial charge in [-0.3, -0.25) is 9.59 Å². The van der Waals surface area contributed by atoms with Crippen LogP contribution in [0.25, 0.3) is 0 Å². The topological polar surface area (TPSA) is 49.4 Å². The van der Waals surface area contributed by atoms with Crippen molar-refractivity contribution in [2.75, 3.05) is 23.3 Å². The minimum absolute atomic E-state index is 0.378. The number of benzene rings is 1. The first-order chi connectivity index (χ1) is 8.16. The van der Waals surface area contributed by atoms with Crippen LogP contribution in [-0.4, -0.2) is 24.8 Å². The molecule has 2 aliphatic rings. The largest absolute Gasteiger partial charge is 0.370 e. The van der Waals surface area contributed by atoms with Crippen molar-refractivity contribution in [2.24, 2.45) is 0 Å². The molecule has 0 radical (unpaired) electrons. The number of anilines is 2. The van der Waals surface area contributed by atoms with Crippen LogP contribution < -0.4 is 10.2 Å². The van der Waals surface area contributed by atoms with E-state index in [1.165, 1.54) is 0 Å². The van der Waals surface area contributed by atoms with E-state index in [1.807, 2.05) is 0 Å². The molecule has 2 heterocycles. The summed E-state index contributed by atoms with van der Waals surface area (Å²) in [6.45, 7) is 1.95. The summed E-state index contributed by atoms with van der Waals surface area (Å²) in [5.41, 5.74) is 1.85. The Morgan fingerprint density at radius 3 is 2.59 bits per heavy atom. The van der Waals surface area contributed by atoms with Crippen molar-refractivity contribution in [2.45, 2.75) is 12.8 Å². The van der Waals surface area contributed by atoms with E-state index in [0.29, 0.717) is 16.3 Å². The number of carbonyl (C=O) groups excluding carboxylic acids is 2. The first-order valence-electron chi connectivity index (χ1n) is 5.61. The van der Waals surface area contributed by atoms with Gasteiger partial charge in [0.25, 0.3) is 11.7 Å². The minimum Gasteiger partial charge on any atom is -0.370 e. The highest BCUT2D eigenvalue weighted by Crippen LogP contribution is 2.36. The lowest BCUT2D eigenvalue weighted by molar-refractivity contribution is -0.112. The fraction of sp³-hybridized carbons (Fsp3) is 0.333. The number of rotatable bonds is 1.